The van der Waals surface area contributed by atoms with Crippen molar-refractivity contribution in [1.82, 2.24) is 15.0 Å². The molecule has 0 atom stereocenters. The van der Waals surface area contributed by atoms with Gasteiger partial charge in [-0.3, -0.25) is 0 Å². The first-order valence-electron chi connectivity index (χ1n) is 7.88. The van der Waals surface area contributed by atoms with Crippen molar-refractivity contribution in [3.63, 3.8) is 0 Å². The summed E-state index contributed by atoms with van der Waals surface area (Å²) >= 11 is 0. The molecule has 0 unspecified atom stereocenters. The van der Waals surface area contributed by atoms with Crippen molar-refractivity contribution < 1.29 is 17.9 Å². The van der Waals surface area contributed by atoms with E-state index >= 15 is 0 Å². The van der Waals surface area contributed by atoms with Gasteiger partial charge in [-0.05, 0) is 43.5 Å². The number of benzene rings is 1. The van der Waals surface area contributed by atoms with Gasteiger partial charge in [0, 0.05) is 11.8 Å². The van der Waals surface area contributed by atoms with E-state index in [0.717, 1.165) is 12.7 Å². The fourth-order valence-corrected chi connectivity index (χ4v) is 3.16. The monoisotopic (exact) mass is 361 g/mol. The highest BCUT2D eigenvalue weighted by Crippen LogP contribution is 2.31. The third-order valence-corrected chi connectivity index (χ3v) is 4.71. The molecule has 3 aromatic rings. The minimum Gasteiger partial charge on any atom is -0.507 e. The maximum absolute atomic E-state index is 11.8. The standard InChI is InChI=1S/C17H19N3O4S/c1-5-6-12-13-16(20-17(18-12)25(4,22)23)24-15(19-13)11-7-9(2)14(21)10(3)8-11/h7-8,21H,5-6H2,1-4H3. The Morgan fingerprint density at radius 1 is 1.12 bits per heavy atom. The molecule has 0 amide bonds. The summed E-state index contributed by atoms with van der Waals surface area (Å²) in [5.41, 5.74) is 3.26. The molecule has 7 nitrogen and oxygen atoms in total. The lowest BCUT2D eigenvalue weighted by atomic mass is 10.1. The van der Waals surface area contributed by atoms with Crippen molar-refractivity contribution in [3.8, 4) is 17.2 Å². The summed E-state index contributed by atoms with van der Waals surface area (Å²) in [5.74, 6) is 0.546. The van der Waals surface area contributed by atoms with Gasteiger partial charge in [-0.1, -0.05) is 13.3 Å². The maximum atomic E-state index is 11.8. The van der Waals surface area contributed by atoms with Crippen molar-refractivity contribution in [2.24, 2.45) is 0 Å². The Bertz CT molecular complexity index is 1050. The van der Waals surface area contributed by atoms with Crippen LogP contribution in [0.2, 0.25) is 0 Å². The molecule has 1 aromatic carbocycles. The van der Waals surface area contributed by atoms with Crippen LogP contribution in [0.15, 0.2) is 21.7 Å². The molecule has 0 saturated carbocycles. The number of phenolic OH excluding ortho intramolecular Hbond substituents is 1. The Balaban J connectivity index is 2.24. The Labute approximate surface area is 145 Å². The fourth-order valence-electron chi connectivity index (χ4n) is 2.64. The molecule has 0 aliphatic heterocycles. The van der Waals surface area contributed by atoms with Crippen molar-refractivity contribution in [3.05, 3.63) is 29.0 Å². The Hall–Kier alpha value is -2.48. The summed E-state index contributed by atoms with van der Waals surface area (Å²) in [6.07, 6.45) is 2.42. The lowest BCUT2D eigenvalue weighted by Gasteiger charge is -2.04. The molecule has 132 valence electrons. The predicted octanol–water partition coefficient (Wildman–Crippen LogP) is 2.96. The van der Waals surface area contributed by atoms with E-state index in [2.05, 4.69) is 15.0 Å². The van der Waals surface area contributed by atoms with E-state index in [1.807, 2.05) is 6.92 Å². The highest BCUT2D eigenvalue weighted by Gasteiger charge is 2.20. The van der Waals surface area contributed by atoms with E-state index in [1.165, 1.54) is 0 Å². The molecular weight excluding hydrogens is 342 g/mol. The van der Waals surface area contributed by atoms with Crippen LogP contribution in [0.3, 0.4) is 0 Å². The topological polar surface area (TPSA) is 106 Å². The SMILES string of the molecule is CCCc1nc(S(C)(=O)=O)nc2oc(-c3cc(C)c(O)c(C)c3)nc12. The molecule has 1 N–H and O–H groups in total. The van der Waals surface area contributed by atoms with Crippen molar-refractivity contribution in [2.75, 3.05) is 6.26 Å². The highest BCUT2D eigenvalue weighted by atomic mass is 32.2. The number of fused-ring (bicyclic) bond motifs is 1. The first kappa shape index (κ1) is 17.3. The molecule has 0 fully saturated rings. The number of aromatic nitrogens is 3. The van der Waals surface area contributed by atoms with Crippen LogP contribution >= 0.6 is 0 Å². The van der Waals surface area contributed by atoms with E-state index in [4.69, 9.17) is 4.42 Å². The van der Waals surface area contributed by atoms with Crippen LogP contribution in [0.25, 0.3) is 22.7 Å². The predicted molar refractivity (Wildman–Crippen MR) is 93.3 cm³/mol. The van der Waals surface area contributed by atoms with Crippen LogP contribution in [-0.4, -0.2) is 34.7 Å². The molecule has 2 aromatic heterocycles. The Morgan fingerprint density at radius 2 is 1.76 bits per heavy atom. The summed E-state index contributed by atoms with van der Waals surface area (Å²) in [7, 11) is -3.55. The van der Waals surface area contributed by atoms with E-state index in [-0.39, 0.29) is 16.6 Å². The number of rotatable bonds is 4. The molecule has 8 heteroatoms. The van der Waals surface area contributed by atoms with Crippen molar-refractivity contribution in [2.45, 2.75) is 38.8 Å². The molecule has 0 saturated heterocycles. The van der Waals surface area contributed by atoms with Crippen LogP contribution in [0.1, 0.15) is 30.2 Å². The van der Waals surface area contributed by atoms with Crippen LogP contribution in [0, 0.1) is 13.8 Å². The van der Waals surface area contributed by atoms with Gasteiger partial charge in [0.05, 0.1) is 5.69 Å². The van der Waals surface area contributed by atoms with Gasteiger partial charge < -0.3 is 9.52 Å². The van der Waals surface area contributed by atoms with Crippen LogP contribution in [0.4, 0.5) is 0 Å². The number of oxazole rings is 1. The first-order valence-corrected chi connectivity index (χ1v) is 9.78. The molecule has 0 aliphatic carbocycles. The van der Waals surface area contributed by atoms with E-state index in [9.17, 15) is 13.5 Å². The lowest BCUT2D eigenvalue weighted by Crippen LogP contribution is -2.06. The average molecular weight is 361 g/mol. The first-order chi connectivity index (χ1) is 11.7. The molecule has 0 spiro atoms. The zero-order chi connectivity index (χ0) is 18.4. The normalized spacial score (nSPS) is 12.0. The fraction of sp³-hybridized carbons (Fsp3) is 0.353. The minimum absolute atomic E-state index is 0.150. The molecule has 25 heavy (non-hydrogen) atoms. The van der Waals surface area contributed by atoms with Gasteiger partial charge in [0.25, 0.3) is 5.71 Å². The number of hydrogen-bond donors (Lipinski definition) is 1. The van der Waals surface area contributed by atoms with Gasteiger partial charge >= 0.3 is 0 Å². The number of phenols is 1. The summed E-state index contributed by atoms with van der Waals surface area (Å²) in [6, 6.07) is 3.52. The second-order valence-electron chi connectivity index (χ2n) is 6.11. The number of sulfone groups is 1. The van der Waals surface area contributed by atoms with E-state index < -0.39 is 9.84 Å². The van der Waals surface area contributed by atoms with Crippen molar-refractivity contribution >= 4 is 21.1 Å². The second kappa shape index (κ2) is 6.11. The van der Waals surface area contributed by atoms with Crippen LogP contribution < -0.4 is 0 Å². The molecule has 3 rings (SSSR count). The van der Waals surface area contributed by atoms with Crippen LogP contribution in [0.5, 0.6) is 5.75 Å². The zero-order valence-electron chi connectivity index (χ0n) is 14.5. The van der Waals surface area contributed by atoms with Gasteiger partial charge in [-0.2, -0.15) is 4.98 Å². The maximum Gasteiger partial charge on any atom is 0.251 e. The Kier molecular flexibility index (Phi) is 4.24. The van der Waals surface area contributed by atoms with Crippen LogP contribution in [-0.2, 0) is 16.3 Å². The highest BCUT2D eigenvalue weighted by molar-refractivity contribution is 7.90. The third kappa shape index (κ3) is 3.21. The summed E-state index contributed by atoms with van der Waals surface area (Å²) in [5, 5.41) is 9.66. The van der Waals surface area contributed by atoms with Gasteiger partial charge in [-0.15, -0.1) is 0 Å². The second-order valence-corrected chi connectivity index (χ2v) is 8.02. The van der Waals surface area contributed by atoms with Gasteiger partial charge in [0.1, 0.15) is 5.75 Å². The third-order valence-electron chi connectivity index (χ3n) is 3.87. The Morgan fingerprint density at radius 3 is 2.32 bits per heavy atom. The summed E-state index contributed by atoms with van der Waals surface area (Å²) < 4.78 is 29.4. The van der Waals surface area contributed by atoms with Crippen molar-refractivity contribution in [1.29, 1.82) is 0 Å². The molecule has 0 radical (unpaired) electrons. The molecular formula is C17H19N3O4S. The average Bonchev–Trinajstić information content (AvgIpc) is 2.96. The lowest BCUT2D eigenvalue weighted by molar-refractivity contribution is 0.467. The number of aromatic hydroxyl groups is 1. The summed E-state index contributed by atoms with van der Waals surface area (Å²) in [4.78, 5) is 12.6. The zero-order valence-corrected chi connectivity index (χ0v) is 15.3. The van der Waals surface area contributed by atoms with Gasteiger partial charge in [0.15, 0.2) is 5.52 Å². The largest absolute Gasteiger partial charge is 0.507 e. The minimum atomic E-state index is -3.55. The summed E-state index contributed by atoms with van der Waals surface area (Å²) in [6.45, 7) is 5.55. The number of nitrogens with zero attached hydrogens (tertiary/aromatic N) is 3. The quantitative estimate of drug-likeness (QED) is 0.712. The van der Waals surface area contributed by atoms with Gasteiger partial charge in [0.2, 0.25) is 20.9 Å². The van der Waals surface area contributed by atoms with E-state index in [0.29, 0.717) is 40.2 Å². The number of aryl methyl sites for hydroxylation is 3. The van der Waals surface area contributed by atoms with Gasteiger partial charge in [-0.25, -0.2) is 18.4 Å². The van der Waals surface area contributed by atoms with E-state index in [1.54, 1.807) is 26.0 Å². The number of hydrogen-bond acceptors (Lipinski definition) is 7. The smallest absolute Gasteiger partial charge is 0.251 e. The molecule has 2 heterocycles. The molecule has 0 bridgehead atoms. The molecule has 0 aliphatic rings.